The summed E-state index contributed by atoms with van der Waals surface area (Å²) in [6.07, 6.45) is 6.57. The standard InChI is InChI=1S/C18H26N2S2/c1-19-11-5-3-7-17(19)9-13-21-15-16-22-14-10-18-8-4-6-12-20(18)2/h3-8,11-12H,9-10,13-16H2,1-2H3/q+2. The molecule has 2 aromatic heterocycles. The highest BCUT2D eigenvalue weighted by atomic mass is 32.2. The Labute approximate surface area is 143 Å². The number of aryl methyl sites for hydroxylation is 4. The molecule has 118 valence electrons. The number of rotatable bonds is 9. The molecular formula is C18H26N2S2+2. The summed E-state index contributed by atoms with van der Waals surface area (Å²) in [6.45, 7) is 0. The van der Waals surface area contributed by atoms with Gasteiger partial charge < -0.3 is 0 Å². The van der Waals surface area contributed by atoms with Gasteiger partial charge in [0.1, 0.15) is 14.1 Å². The molecule has 0 aliphatic carbocycles. The van der Waals surface area contributed by atoms with Crippen molar-refractivity contribution in [3.8, 4) is 0 Å². The predicted molar refractivity (Wildman–Crippen MR) is 97.3 cm³/mol. The predicted octanol–water partition coefficient (Wildman–Crippen LogP) is 2.59. The van der Waals surface area contributed by atoms with E-state index in [2.05, 4.69) is 95.5 Å². The molecule has 0 fully saturated rings. The van der Waals surface area contributed by atoms with Crippen LogP contribution in [0.5, 0.6) is 0 Å². The molecule has 2 heterocycles. The van der Waals surface area contributed by atoms with Gasteiger partial charge >= 0.3 is 0 Å². The van der Waals surface area contributed by atoms with E-state index >= 15 is 0 Å². The van der Waals surface area contributed by atoms with Crippen LogP contribution in [0, 0.1) is 0 Å². The highest BCUT2D eigenvalue weighted by molar-refractivity contribution is 8.02. The minimum atomic E-state index is 1.16. The number of hydrogen-bond acceptors (Lipinski definition) is 2. The van der Waals surface area contributed by atoms with Gasteiger partial charge in [-0.3, -0.25) is 0 Å². The van der Waals surface area contributed by atoms with Crippen molar-refractivity contribution in [1.82, 2.24) is 0 Å². The fourth-order valence-corrected chi connectivity index (χ4v) is 4.37. The van der Waals surface area contributed by atoms with E-state index in [1.54, 1.807) is 0 Å². The molecular weight excluding hydrogens is 308 g/mol. The van der Waals surface area contributed by atoms with Crippen molar-refractivity contribution in [3.05, 3.63) is 60.2 Å². The van der Waals surface area contributed by atoms with Crippen molar-refractivity contribution in [2.24, 2.45) is 14.1 Å². The van der Waals surface area contributed by atoms with E-state index in [1.165, 1.54) is 34.4 Å². The second kappa shape index (κ2) is 9.90. The summed E-state index contributed by atoms with van der Waals surface area (Å²) in [6, 6.07) is 12.9. The first kappa shape index (κ1) is 17.4. The number of thioether (sulfide) groups is 2. The maximum Gasteiger partial charge on any atom is 0.181 e. The Kier molecular flexibility index (Phi) is 7.81. The Morgan fingerprint density at radius 2 is 1.14 bits per heavy atom. The summed E-state index contributed by atoms with van der Waals surface area (Å²) < 4.78 is 4.43. The molecule has 0 radical (unpaired) electrons. The molecule has 0 atom stereocenters. The largest absolute Gasteiger partial charge is 0.205 e. The molecule has 2 rings (SSSR count). The summed E-state index contributed by atoms with van der Waals surface area (Å²) in [5, 5.41) is 0. The molecule has 0 aliphatic heterocycles. The fraction of sp³-hybridized carbons (Fsp3) is 0.444. The smallest absolute Gasteiger partial charge is 0.181 e. The van der Waals surface area contributed by atoms with E-state index in [0.717, 1.165) is 12.8 Å². The maximum absolute atomic E-state index is 2.22. The van der Waals surface area contributed by atoms with Crippen molar-refractivity contribution >= 4 is 23.5 Å². The van der Waals surface area contributed by atoms with Crippen LogP contribution in [0.15, 0.2) is 48.8 Å². The molecule has 0 saturated heterocycles. The van der Waals surface area contributed by atoms with Gasteiger partial charge in [0.25, 0.3) is 0 Å². The Morgan fingerprint density at radius 1 is 0.682 bits per heavy atom. The van der Waals surface area contributed by atoms with Gasteiger partial charge in [-0.2, -0.15) is 23.5 Å². The SMILES string of the molecule is C[n+]1ccccc1CCSCCSCCc1cccc[n+]1C. The third-order valence-electron chi connectivity index (χ3n) is 3.70. The van der Waals surface area contributed by atoms with E-state index in [0.29, 0.717) is 0 Å². The number of hydrogen-bond donors (Lipinski definition) is 0. The topological polar surface area (TPSA) is 7.76 Å². The second-order valence-electron chi connectivity index (χ2n) is 5.33. The molecule has 4 heteroatoms. The van der Waals surface area contributed by atoms with Crippen molar-refractivity contribution in [3.63, 3.8) is 0 Å². The zero-order valence-corrected chi connectivity index (χ0v) is 15.2. The Hall–Kier alpha value is -1.00. The van der Waals surface area contributed by atoms with Crippen LogP contribution in [-0.4, -0.2) is 23.0 Å². The summed E-state index contributed by atoms with van der Waals surface area (Å²) in [5.74, 6) is 4.93. The molecule has 0 saturated carbocycles. The molecule has 22 heavy (non-hydrogen) atoms. The summed E-state index contributed by atoms with van der Waals surface area (Å²) >= 11 is 4.13. The average molecular weight is 335 g/mol. The number of nitrogens with zero attached hydrogens (tertiary/aromatic N) is 2. The van der Waals surface area contributed by atoms with Gasteiger partial charge in [-0.05, 0) is 0 Å². The van der Waals surface area contributed by atoms with Crippen LogP contribution in [0.1, 0.15) is 11.4 Å². The van der Waals surface area contributed by atoms with Gasteiger partial charge in [-0.1, -0.05) is 12.1 Å². The van der Waals surface area contributed by atoms with E-state index in [-0.39, 0.29) is 0 Å². The summed E-state index contributed by atoms with van der Waals surface area (Å²) in [5.41, 5.74) is 2.83. The minimum Gasteiger partial charge on any atom is -0.205 e. The van der Waals surface area contributed by atoms with Gasteiger partial charge in [0, 0.05) is 60.1 Å². The minimum absolute atomic E-state index is 1.16. The lowest BCUT2D eigenvalue weighted by Gasteiger charge is -2.02. The van der Waals surface area contributed by atoms with Gasteiger partial charge in [0.05, 0.1) is 0 Å². The molecule has 0 aromatic carbocycles. The third-order valence-corrected chi connectivity index (χ3v) is 5.93. The van der Waals surface area contributed by atoms with Crippen LogP contribution < -0.4 is 9.13 Å². The monoisotopic (exact) mass is 334 g/mol. The van der Waals surface area contributed by atoms with Crippen LogP contribution in [0.2, 0.25) is 0 Å². The molecule has 2 aromatic rings. The highest BCUT2D eigenvalue weighted by Crippen LogP contribution is 2.10. The molecule has 0 unspecified atom stereocenters. The molecule has 0 aliphatic rings. The normalized spacial score (nSPS) is 10.8. The van der Waals surface area contributed by atoms with Crippen LogP contribution in [0.3, 0.4) is 0 Å². The van der Waals surface area contributed by atoms with E-state index in [9.17, 15) is 0 Å². The van der Waals surface area contributed by atoms with Crippen LogP contribution in [0.25, 0.3) is 0 Å². The Morgan fingerprint density at radius 3 is 1.55 bits per heavy atom. The lowest BCUT2D eigenvalue weighted by Crippen LogP contribution is -2.33. The van der Waals surface area contributed by atoms with Gasteiger partial charge in [0.15, 0.2) is 23.8 Å². The van der Waals surface area contributed by atoms with E-state index in [1.807, 2.05) is 0 Å². The van der Waals surface area contributed by atoms with Gasteiger partial charge in [-0.15, -0.1) is 0 Å². The van der Waals surface area contributed by atoms with Crippen molar-refractivity contribution in [2.45, 2.75) is 12.8 Å². The fourth-order valence-electron chi connectivity index (χ4n) is 2.31. The molecule has 0 spiro atoms. The first-order valence-electron chi connectivity index (χ1n) is 7.80. The van der Waals surface area contributed by atoms with Crippen molar-refractivity contribution in [2.75, 3.05) is 23.0 Å². The first-order valence-corrected chi connectivity index (χ1v) is 10.1. The number of aromatic nitrogens is 2. The third kappa shape index (κ3) is 6.01. The highest BCUT2D eigenvalue weighted by Gasteiger charge is 2.05. The maximum atomic E-state index is 2.22. The van der Waals surface area contributed by atoms with Crippen LogP contribution in [-0.2, 0) is 26.9 Å². The average Bonchev–Trinajstić information content (AvgIpc) is 2.53. The zero-order chi connectivity index (χ0) is 15.6. The number of pyridine rings is 2. The lowest BCUT2D eigenvalue weighted by molar-refractivity contribution is -0.679. The lowest BCUT2D eigenvalue weighted by atomic mass is 10.3. The Bertz CT molecular complexity index is 521. The molecule has 2 nitrogen and oxygen atoms in total. The van der Waals surface area contributed by atoms with Crippen LogP contribution >= 0.6 is 23.5 Å². The van der Waals surface area contributed by atoms with E-state index in [4.69, 9.17) is 0 Å². The van der Waals surface area contributed by atoms with Gasteiger partial charge in [0.2, 0.25) is 0 Å². The summed E-state index contributed by atoms with van der Waals surface area (Å²) in [7, 11) is 4.25. The van der Waals surface area contributed by atoms with Crippen molar-refractivity contribution < 1.29 is 9.13 Å². The zero-order valence-electron chi connectivity index (χ0n) is 13.6. The van der Waals surface area contributed by atoms with Crippen molar-refractivity contribution in [1.29, 1.82) is 0 Å². The molecule has 0 bridgehead atoms. The summed E-state index contributed by atoms with van der Waals surface area (Å²) in [4.78, 5) is 0. The molecule has 0 amide bonds. The Balaban J connectivity index is 1.51. The van der Waals surface area contributed by atoms with Crippen LogP contribution in [0.4, 0.5) is 0 Å². The quantitative estimate of drug-likeness (QED) is 0.514. The van der Waals surface area contributed by atoms with E-state index < -0.39 is 0 Å². The first-order chi connectivity index (χ1) is 10.8. The van der Waals surface area contributed by atoms with Gasteiger partial charge in [-0.25, -0.2) is 9.13 Å². The molecule has 0 N–H and O–H groups in total. The second-order valence-corrected chi connectivity index (χ2v) is 7.78.